The van der Waals surface area contributed by atoms with Crippen LogP contribution >= 0.6 is 0 Å². The molecule has 1 aliphatic rings. The number of nitrogens with zero attached hydrogens (tertiary/aromatic N) is 1. The van der Waals surface area contributed by atoms with Crippen LogP contribution in [0.25, 0.3) is 0 Å². The summed E-state index contributed by atoms with van der Waals surface area (Å²) in [6.07, 6.45) is 4.42. The van der Waals surface area contributed by atoms with Crippen LogP contribution < -0.4 is 5.73 Å². The molecule has 1 aromatic heterocycles. The minimum absolute atomic E-state index is 0.108. The number of hydrogen-bond acceptors (Lipinski definition) is 4. The second-order valence-electron chi connectivity index (χ2n) is 3.94. The molecule has 6 heteroatoms. The van der Waals surface area contributed by atoms with Crippen molar-refractivity contribution in [2.24, 2.45) is 5.73 Å². The SMILES string of the molecule is NC(=O)N1CCCC1COC(=O)c1ccoc1. The van der Waals surface area contributed by atoms with Crippen molar-refractivity contribution in [2.75, 3.05) is 13.2 Å². The van der Waals surface area contributed by atoms with E-state index in [2.05, 4.69) is 0 Å². The summed E-state index contributed by atoms with van der Waals surface area (Å²) in [4.78, 5) is 24.1. The Morgan fingerprint density at radius 2 is 2.41 bits per heavy atom. The van der Waals surface area contributed by atoms with Crippen LogP contribution in [0.2, 0.25) is 0 Å². The zero-order chi connectivity index (χ0) is 12.3. The second kappa shape index (κ2) is 4.90. The standard InChI is InChI=1S/C11H14N2O4/c12-11(15)13-4-1-2-9(13)7-17-10(14)8-3-5-16-6-8/h3,5-6,9H,1-2,4,7H2,(H2,12,15). The van der Waals surface area contributed by atoms with Crippen LogP contribution in [0.15, 0.2) is 23.0 Å². The van der Waals surface area contributed by atoms with Crippen LogP contribution in [0.4, 0.5) is 4.79 Å². The van der Waals surface area contributed by atoms with E-state index in [0.717, 1.165) is 12.8 Å². The second-order valence-corrected chi connectivity index (χ2v) is 3.94. The molecular weight excluding hydrogens is 224 g/mol. The highest BCUT2D eigenvalue weighted by Crippen LogP contribution is 2.17. The van der Waals surface area contributed by atoms with Crippen molar-refractivity contribution < 1.29 is 18.7 Å². The van der Waals surface area contributed by atoms with Crippen molar-refractivity contribution in [3.63, 3.8) is 0 Å². The van der Waals surface area contributed by atoms with Gasteiger partial charge >= 0.3 is 12.0 Å². The van der Waals surface area contributed by atoms with Crippen LogP contribution in [0, 0.1) is 0 Å². The average Bonchev–Trinajstić information content (AvgIpc) is 2.96. The molecule has 1 fully saturated rings. The lowest BCUT2D eigenvalue weighted by Gasteiger charge is -2.21. The Bertz CT molecular complexity index is 402. The zero-order valence-electron chi connectivity index (χ0n) is 9.30. The predicted octanol–water partition coefficient (Wildman–Crippen LogP) is 0.979. The molecule has 1 aromatic rings. The number of likely N-dealkylation sites (tertiary alicyclic amines) is 1. The first-order valence-corrected chi connectivity index (χ1v) is 5.44. The van der Waals surface area contributed by atoms with Gasteiger partial charge in [0.05, 0.1) is 17.9 Å². The molecular formula is C11H14N2O4. The van der Waals surface area contributed by atoms with Gasteiger partial charge in [0, 0.05) is 6.54 Å². The fourth-order valence-electron chi connectivity index (χ4n) is 1.93. The predicted molar refractivity (Wildman–Crippen MR) is 58.3 cm³/mol. The Hall–Kier alpha value is -1.98. The first-order valence-electron chi connectivity index (χ1n) is 5.44. The summed E-state index contributed by atoms with van der Waals surface area (Å²) in [7, 11) is 0. The zero-order valence-corrected chi connectivity index (χ0v) is 9.30. The number of carbonyl (C=O) groups excluding carboxylic acids is 2. The molecule has 1 aliphatic heterocycles. The highest BCUT2D eigenvalue weighted by atomic mass is 16.5. The van der Waals surface area contributed by atoms with Gasteiger partial charge in [-0.3, -0.25) is 0 Å². The Morgan fingerprint density at radius 3 is 3.06 bits per heavy atom. The largest absolute Gasteiger partial charge is 0.472 e. The van der Waals surface area contributed by atoms with Crippen LogP contribution in [0.3, 0.4) is 0 Å². The normalized spacial score (nSPS) is 19.3. The molecule has 1 unspecified atom stereocenters. The number of urea groups is 1. The lowest BCUT2D eigenvalue weighted by Crippen LogP contribution is -2.41. The molecule has 1 atom stereocenters. The fourth-order valence-corrected chi connectivity index (χ4v) is 1.93. The van der Waals surface area contributed by atoms with Gasteiger partial charge < -0.3 is 19.8 Å². The summed E-state index contributed by atoms with van der Waals surface area (Å²) in [6.45, 7) is 0.802. The fraction of sp³-hybridized carbons (Fsp3) is 0.455. The average molecular weight is 238 g/mol. The van der Waals surface area contributed by atoms with Gasteiger partial charge in [-0.2, -0.15) is 0 Å². The molecule has 17 heavy (non-hydrogen) atoms. The van der Waals surface area contributed by atoms with E-state index in [1.54, 1.807) is 0 Å². The van der Waals surface area contributed by atoms with E-state index in [9.17, 15) is 9.59 Å². The van der Waals surface area contributed by atoms with E-state index in [1.807, 2.05) is 0 Å². The monoisotopic (exact) mass is 238 g/mol. The molecule has 2 rings (SSSR count). The Kier molecular flexibility index (Phi) is 3.32. The van der Waals surface area contributed by atoms with Crippen molar-refractivity contribution in [1.29, 1.82) is 0 Å². The molecule has 0 bridgehead atoms. The first-order chi connectivity index (χ1) is 8.18. The number of furan rings is 1. The Balaban J connectivity index is 1.86. The number of carbonyl (C=O) groups is 2. The number of rotatable bonds is 3. The summed E-state index contributed by atoms with van der Waals surface area (Å²) in [5.41, 5.74) is 5.59. The van der Waals surface area contributed by atoms with Gasteiger partial charge in [-0.05, 0) is 18.9 Å². The third kappa shape index (κ3) is 2.58. The minimum Gasteiger partial charge on any atom is -0.472 e. The summed E-state index contributed by atoms with van der Waals surface area (Å²) in [5, 5.41) is 0. The number of hydrogen-bond donors (Lipinski definition) is 1. The number of primary amides is 1. The summed E-state index contributed by atoms with van der Waals surface area (Å²) in [5.74, 6) is -0.449. The third-order valence-corrected chi connectivity index (χ3v) is 2.82. The third-order valence-electron chi connectivity index (χ3n) is 2.82. The lowest BCUT2D eigenvalue weighted by molar-refractivity contribution is 0.0421. The highest BCUT2D eigenvalue weighted by Gasteiger charge is 2.28. The van der Waals surface area contributed by atoms with Gasteiger partial charge in [0.2, 0.25) is 0 Å². The van der Waals surface area contributed by atoms with E-state index < -0.39 is 12.0 Å². The molecule has 6 nitrogen and oxygen atoms in total. The molecule has 0 saturated carbocycles. The topological polar surface area (TPSA) is 85.8 Å². The molecule has 1 saturated heterocycles. The number of amides is 2. The van der Waals surface area contributed by atoms with Gasteiger partial charge in [0.15, 0.2) is 0 Å². The van der Waals surface area contributed by atoms with E-state index in [4.69, 9.17) is 14.9 Å². The lowest BCUT2D eigenvalue weighted by atomic mass is 10.2. The van der Waals surface area contributed by atoms with Crippen molar-refractivity contribution >= 4 is 12.0 Å². The summed E-state index contributed by atoms with van der Waals surface area (Å²) < 4.78 is 9.88. The maximum Gasteiger partial charge on any atom is 0.341 e. The van der Waals surface area contributed by atoms with Gasteiger partial charge in [0.1, 0.15) is 12.9 Å². The van der Waals surface area contributed by atoms with Gasteiger partial charge in [-0.15, -0.1) is 0 Å². The van der Waals surface area contributed by atoms with Gasteiger partial charge in [-0.1, -0.05) is 0 Å². The van der Waals surface area contributed by atoms with Crippen LogP contribution in [-0.2, 0) is 4.74 Å². The van der Waals surface area contributed by atoms with Crippen LogP contribution in [0.1, 0.15) is 23.2 Å². The highest BCUT2D eigenvalue weighted by molar-refractivity contribution is 5.88. The molecule has 2 heterocycles. The quantitative estimate of drug-likeness (QED) is 0.795. The number of nitrogens with two attached hydrogens (primary N) is 1. The molecule has 2 N–H and O–H groups in total. The smallest absolute Gasteiger partial charge is 0.341 e. The van der Waals surface area contributed by atoms with Gasteiger partial charge in [0.25, 0.3) is 0 Å². The minimum atomic E-state index is -0.466. The van der Waals surface area contributed by atoms with E-state index >= 15 is 0 Å². The van der Waals surface area contributed by atoms with Gasteiger partial charge in [-0.25, -0.2) is 9.59 Å². The van der Waals surface area contributed by atoms with E-state index in [0.29, 0.717) is 12.1 Å². The molecule has 2 amide bonds. The first kappa shape index (κ1) is 11.5. The summed E-state index contributed by atoms with van der Waals surface area (Å²) >= 11 is 0. The van der Waals surface area contributed by atoms with E-state index in [-0.39, 0.29) is 12.6 Å². The molecule has 0 aliphatic carbocycles. The summed E-state index contributed by atoms with van der Waals surface area (Å²) in [6, 6.07) is 0.957. The van der Waals surface area contributed by atoms with Crippen molar-refractivity contribution in [3.8, 4) is 0 Å². The van der Waals surface area contributed by atoms with Crippen LogP contribution in [0.5, 0.6) is 0 Å². The molecule has 0 aromatic carbocycles. The molecule has 92 valence electrons. The van der Waals surface area contributed by atoms with Crippen molar-refractivity contribution in [1.82, 2.24) is 4.90 Å². The van der Waals surface area contributed by atoms with Crippen molar-refractivity contribution in [2.45, 2.75) is 18.9 Å². The Morgan fingerprint density at radius 1 is 1.59 bits per heavy atom. The molecule has 0 radical (unpaired) electrons. The van der Waals surface area contributed by atoms with Crippen molar-refractivity contribution in [3.05, 3.63) is 24.2 Å². The van der Waals surface area contributed by atoms with E-state index in [1.165, 1.54) is 23.5 Å². The maximum atomic E-state index is 11.5. The van der Waals surface area contributed by atoms with Crippen LogP contribution in [-0.4, -0.2) is 36.1 Å². The molecule has 0 spiro atoms. The Labute approximate surface area is 98.3 Å². The number of ether oxygens (including phenoxy) is 1. The maximum absolute atomic E-state index is 11.5. The number of esters is 1.